The van der Waals surface area contributed by atoms with Crippen LogP contribution >= 0.6 is 0 Å². The molecule has 0 bridgehead atoms. The van der Waals surface area contributed by atoms with Crippen molar-refractivity contribution in [3.05, 3.63) is 65.0 Å². The topological polar surface area (TPSA) is 71.1 Å². The van der Waals surface area contributed by atoms with E-state index in [1.54, 1.807) is 6.20 Å². The second kappa shape index (κ2) is 10.9. The molecule has 30 heavy (non-hydrogen) atoms. The maximum atomic E-state index is 13.0. The van der Waals surface area contributed by atoms with Crippen LogP contribution in [0.15, 0.2) is 42.6 Å². The Bertz CT molecular complexity index is 845. The fourth-order valence-electron chi connectivity index (χ4n) is 4.11. The van der Waals surface area contributed by atoms with Gasteiger partial charge in [-0.1, -0.05) is 31.4 Å². The number of rotatable bonds is 8. The molecule has 5 nitrogen and oxygen atoms in total. The Morgan fingerprint density at radius 3 is 2.57 bits per heavy atom. The fourth-order valence-corrected chi connectivity index (χ4v) is 4.11. The molecule has 2 amide bonds. The maximum absolute atomic E-state index is 13.0. The number of nitrogens with one attached hydrogen (secondary N) is 2. The van der Waals surface area contributed by atoms with Crippen molar-refractivity contribution >= 4 is 11.8 Å². The van der Waals surface area contributed by atoms with Crippen molar-refractivity contribution in [1.82, 2.24) is 15.6 Å². The third-order valence-electron chi connectivity index (χ3n) is 6.09. The van der Waals surface area contributed by atoms with Crippen LogP contribution in [0.4, 0.5) is 0 Å². The Morgan fingerprint density at radius 1 is 1.07 bits per heavy atom. The molecule has 3 rings (SSSR count). The Labute approximate surface area is 179 Å². The molecule has 5 heteroatoms. The molecule has 1 aliphatic carbocycles. The van der Waals surface area contributed by atoms with Gasteiger partial charge in [0, 0.05) is 24.0 Å². The molecule has 1 atom stereocenters. The lowest BCUT2D eigenvalue weighted by Crippen LogP contribution is -2.51. The van der Waals surface area contributed by atoms with Gasteiger partial charge in [0.15, 0.2) is 0 Å². The normalized spacial score (nSPS) is 15.4. The van der Waals surface area contributed by atoms with E-state index in [-0.39, 0.29) is 17.7 Å². The molecule has 1 aromatic carbocycles. The fraction of sp³-hybridized carbons (Fsp3) is 0.480. The number of hydrogen-bond acceptors (Lipinski definition) is 3. The standard InChI is InChI=1S/C25H33N3O2/c1-18-13-14-21(17-19(18)2)24(29)28-23(20-9-4-3-5-10-20)25(30)27-16-8-12-22-11-6-7-15-26-22/h6-7,11,13-15,17,20,23H,3-5,8-10,12,16H2,1-2H3,(H,27,30)(H,28,29)/t23-/m1/s1. The second-order valence-electron chi connectivity index (χ2n) is 8.36. The van der Waals surface area contributed by atoms with Crippen LogP contribution in [-0.2, 0) is 11.2 Å². The van der Waals surface area contributed by atoms with E-state index in [1.165, 1.54) is 6.42 Å². The van der Waals surface area contributed by atoms with Gasteiger partial charge in [0.25, 0.3) is 5.91 Å². The maximum Gasteiger partial charge on any atom is 0.251 e. The van der Waals surface area contributed by atoms with Gasteiger partial charge in [-0.15, -0.1) is 0 Å². The number of aryl methyl sites for hydroxylation is 3. The molecular weight excluding hydrogens is 374 g/mol. The van der Waals surface area contributed by atoms with E-state index < -0.39 is 6.04 Å². The van der Waals surface area contributed by atoms with Gasteiger partial charge in [-0.05, 0) is 80.8 Å². The van der Waals surface area contributed by atoms with Crippen LogP contribution in [0, 0.1) is 19.8 Å². The molecule has 1 fully saturated rings. The minimum atomic E-state index is -0.478. The summed E-state index contributed by atoms with van der Waals surface area (Å²) in [5.74, 6) is -0.0394. The highest BCUT2D eigenvalue weighted by atomic mass is 16.2. The van der Waals surface area contributed by atoms with E-state index in [0.717, 1.165) is 55.3 Å². The highest BCUT2D eigenvalue weighted by Crippen LogP contribution is 2.27. The summed E-state index contributed by atoms with van der Waals surface area (Å²) in [6, 6.07) is 11.1. The number of aromatic nitrogens is 1. The highest BCUT2D eigenvalue weighted by molar-refractivity contribution is 5.97. The lowest BCUT2D eigenvalue weighted by atomic mass is 9.83. The summed E-state index contributed by atoms with van der Waals surface area (Å²) in [7, 11) is 0. The zero-order valence-corrected chi connectivity index (χ0v) is 18.1. The van der Waals surface area contributed by atoms with Gasteiger partial charge in [-0.2, -0.15) is 0 Å². The molecule has 1 heterocycles. The second-order valence-corrected chi connectivity index (χ2v) is 8.36. The van der Waals surface area contributed by atoms with E-state index in [9.17, 15) is 9.59 Å². The van der Waals surface area contributed by atoms with Crippen LogP contribution in [0.5, 0.6) is 0 Å². The summed E-state index contributed by atoms with van der Waals surface area (Å²) < 4.78 is 0. The zero-order valence-electron chi connectivity index (χ0n) is 18.1. The van der Waals surface area contributed by atoms with Crippen molar-refractivity contribution in [1.29, 1.82) is 0 Å². The summed E-state index contributed by atoms with van der Waals surface area (Å²) in [5.41, 5.74) is 3.87. The van der Waals surface area contributed by atoms with Crippen LogP contribution in [0.25, 0.3) is 0 Å². The third kappa shape index (κ3) is 6.15. The Kier molecular flexibility index (Phi) is 8.00. The van der Waals surface area contributed by atoms with Crippen molar-refractivity contribution < 1.29 is 9.59 Å². The molecule has 2 aromatic rings. The molecule has 1 saturated carbocycles. The summed E-state index contributed by atoms with van der Waals surface area (Å²) in [4.78, 5) is 30.2. The Balaban J connectivity index is 1.60. The molecule has 1 aliphatic rings. The molecule has 0 spiro atoms. The molecule has 160 valence electrons. The Morgan fingerprint density at radius 2 is 1.87 bits per heavy atom. The first kappa shape index (κ1) is 22.0. The number of nitrogens with zero attached hydrogens (tertiary/aromatic N) is 1. The molecule has 0 aliphatic heterocycles. The van der Waals surface area contributed by atoms with E-state index in [4.69, 9.17) is 0 Å². The average molecular weight is 408 g/mol. The summed E-state index contributed by atoms with van der Waals surface area (Å²) in [6.07, 6.45) is 8.85. The van der Waals surface area contributed by atoms with E-state index >= 15 is 0 Å². The first-order valence-electron chi connectivity index (χ1n) is 11.1. The van der Waals surface area contributed by atoms with Gasteiger partial charge >= 0.3 is 0 Å². The molecular formula is C25H33N3O2. The highest BCUT2D eigenvalue weighted by Gasteiger charge is 2.31. The van der Waals surface area contributed by atoms with Crippen LogP contribution < -0.4 is 10.6 Å². The van der Waals surface area contributed by atoms with Gasteiger partial charge in [-0.25, -0.2) is 0 Å². The minimum absolute atomic E-state index is 0.0693. The van der Waals surface area contributed by atoms with Crippen LogP contribution in [0.2, 0.25) is 0 Å². The van der Waals surface area contributed by atoms with Gasteiger partial charge in [-0.3, -0.25) is 14.6 Å². The largest absolute Gasteiger partial charge is 0.354 e. The van der Waals surface area contributed by atoms with E-state index in [1.807, 2.05) is 50.2 Å². The van der Waals surface area contributed by atoms with E-state index in [0.29, 0.717) is 12.1 Å². The first-order chi connectivity index (χ1) is 14.5. The summed E-state index contributed by atoms with van der Waals surface area (Å²) in [5, 5.41) is 6.09. The van der Waals surface area contributed by atoms with Crippen LogP contribution in [0.3, 0.4) is 0 Å². The molecule has 0 radical (unpaired) electrons. The summed E-state index contributed by atoms with van der Waals surface area (Å²) >= 11 is 0. The first-order valence-corrected chi connectivity index (χ1v) is 11.1. The zero-order chi connectivity index (χ0) is 21.3. The van der Waals surface area contributed by atoms with Crippen molar-refractivity contribution in [2.45, 2.75) is 64.8 Å². The Hall–Kier alpha value is -2.69. The van der Waals surface area contributed by atoms with Crippen LogP contribution in [0.1, 0.15) is 65.7 Å². The van der Waals surface area contributed by atoms with Crippen molar-refractivity contribution in [2.75, 3.05) is 6.54 Å². The molecule has 0 unspecified atom stereocenters. The monoisotopic (exact) mass is 407 g/mol. The lowest BCUT2D eigenvalue weighted by Gasteiger charge is -2.30. The number of amides is 2. The van der Waals surface area contributed by atoms with Crippen molar-refractivity contribution in [3.63, 3.8) is 0 Å². The van der Waals surface area contributed by atoms with E-state index in [2.05, 4.69) is 15.6 Å². The number of pyridine rings is 1. The van der Waals surface area contributed by atoms with Crippen molar-refractivity contribution in [2.24, 2.45) is 5.92 Å². The molecule has 1 aromatic heterocycles. The SMILES string of the molecule is Cc1ccc(C(=O)N[C@@H](C(=O)NCCCc2ccccn2)C2CCCCC2)cc1C. The number of carbonyl (C=O) groups is 2. The van der Waals surface area contributed by atoms with Crippen molar-refractivity contribution in [3.8, 4) is 0 Å². The number of carbonyl (C=O) groups excluding carboxylic acids is 2. The predicted octanol–water partition coefficient (Wildman–Crippen LogP) is 4.13. The average Bonchev–Trinajstić information content (AvgIpc) is 2.78. The smallest absolute Gasteiger partial charge is 0.251 e. The minimum Gasteiger partial charge on any atom is -0.354 e. The van der Waals surface area contributed by atoms with Gasteiger partial charge in [0.2, 0.25) is 5.91 Å². The molecule has 0 saturated heterocycles. The predicted molar refractivity (Wildman–Crippen MR) is 119 cm³/mol. The number of hydrogen-bond donors (Lipinski definition) is 2. The summed E-state index contributed by atoms with van der Waals surface area (Å²) in [6.45, 7) is 4.61. The lowest BCUT2D eigenvalue weighted by molar-refractivity contribution is -0.124. The van der Waals surface area contributed by atoms with Gasteiger partial charge < -0.3 is 10.6 Å². The molecule has 2 N–H and O–H groups in total. The quantitative estimate of drug-likeness (QED) is 0.647. The van der Waals surface area contributed by atoms with Crippen LogP contribution in [-0.4, -0.2) is 29.4 Å². The van der Waals surface area contributed by atoms with Gasteiger partial charge in [0.1, 0.15) is 6.04 Å². The third-order valence-corrected chi connectivity index (χ3v) is 6.09. The van der Waals surface area contributed by atoms with Gasteiger partial charge in [0.05, 0.1) is 0 Å². The number of benzene rings is 1.